The maximum absolute atomic E-state index is 3.88. The molecule has 0 bridgehead atoms. The molecule has 0 aliphatic carbocycles. The number of hydrogen-bond acceptors (Lipinski definition) is 1. The van der Waals surface area contributed by atoms with Crippen LogP contribution in [0.5, 0.6) is 0 Å². The van der Waals surface area contributed by atoms with Crippen molar-refractivity contribution in [3.05, 3.63) is 37.1 Å². The summed E-state index contributed by atoms with van der Waals surface area (Å²) in [5.74, 6) is 0. The molecule has 1 nitrogen and oxygen atoms in total. The van der Waals surface area contributed by atoms with Crippen LogP contribution >= 0.6 is 0 Å². The second-order valence-electron chi connectivity index (χ2n) is 1.61. The summed E-state index contributed by atoms with van der Waals surface area (Å²) >= 11 is 0. The zero-order valence-corrected chi connectivity index (χ0v) is 7.67. The molecule has 0 atom stereocenters. The number of rotatable bonds is 3. The monoisotopic (exact) mass is 151 g/mol. The van der Waals surface area contributed by atoms with Crippen LogP contribution in [-0.2, 0) is 0 Å². The lowest BCUT2D eigenvalue weighted by Crippen LogP contribution is -1.63. The Morgan fingerprint density at radius 3 is 2.18 bits per heavy atom. The molecule has 11 heavy (non-hydrogen) atoms. The minimum Gasteiger partial charge on any atom is -0.264 e. The number of aliphatic imine (C=N–C) groups is 1. The second kappa shape index (κ2) is 11.7. The molecule has 0 saturated heterocycles. The van der Waals surface area contributed by atoms with Gasteiger partial charge in [-0.1, -0.05) is 39.2 Å². The van der Waals surface area contributed by atoms with E-state index in [0.29, 0.717) is 0 Å². The van der Waals surface area contributed by atoms with Crippen molar-refractivity contribution in [2.45, 2.75) is 20.8 Å². The lowest BCUT2D eigenvalue weighted by molar-refractivity contribution is 1.44. The van der Waals surface area contributed by atoms with Crippen molar-refractivity contribution in [1.29, 1.82) is 0 Å². The topological polar surface area (TPSA) is 12.4 Å². The van der Waals surface area contributed by atoms with Gasteiger partial charge < -0.3 is 0 Å². The molecule has 62 valence electrons. The Kier molecular flexibility index (Phi) is 13.3. The van der Waals surface area contributed by atoms with E-state index in [2.05, 4.69) is 18.2 Å². The third-order valence-corrected chi connectivity index (χ3v) is 0.792. The fourth-order valence-electron chi connectivity index (χ4n) is 0.274. The first-order chi connectivity index (χ1) is 5.31. The molecule has 0 heterocycles. The molecule has 0 N–H and O–H groups in total. The smallest absolute Gasteiger partial charge is 0.0296 e. The molecular weight excluding hydrogens is 134 g/mol. The van der Waals surface area contributed by atoms with Crippen LogP contribution in [0.2, 0.25) is 0 Å². The van der Waals surface area contributed by atoms with E-state index in [1.54, 1.807) is 24.6 Å². The minimum atomic E-state index is 1.05. The highest BCUT2D eigenvalue weighted by atomic mass is 14.7. The molecule has 0 fully saturated rings. The van der Waals surface area contributed by atoms with Crippen LogP contribution in [0.1, 0.15) is 20.8 Å². The molecule has 0 saturated carbocycles. The molecule has 0 aromatic rings. The quantitative estimate of drug-likeness (QED) is 0.433. The summed E-state index contributed by atoms with van der Waals surface area (Å²) in [5, 5.41) is 0. The van der Waals surface area contributed by atoms with Crippen LogP contribution in [0, 0.1) is 0 Å². The fourth-order valence-corrected chi connectivity index (χ4v) is 0.274. The normalized spacial score (nSPS) is 10.3. The predicted octanol–water partition coefficient (Wildman–Crippen LogP) is 3.36. The van der Waals surface area contributed by atoms with Crippen molar-refractivity contribution in [2.24, 2.45) is 4.99 Å². The number of hydrogen-bond donors (Lipinski definition) is 0. The van der Waals surface area contributed by atoms with E-state index in [0.717, 1.165) is 5.57 Å². The standard InChI is InChI=1S/C8H11N.C2H6/c1-4-6-9-7-8(3)5-2;1-2/h4-7H,1-2H2,3H3;1-2H3/b8-7-,9-6?;. The van der Waals surface area contributed by atoms with Gasteiger partial charge in [-0.15, -0.1) is 0 Å². The predicted molar refractivity (Wildman–Crippen MR) is 54.0 cm³/mol. The maximum Gasteiger partial charge on any atom is 0.0296 e. The summed E-state index contributed by atoms with van der Waals surface area (Å²) in [5.41, 5.74) is 1.05. The Balaban J connectivity index is 0. The third kappa shape index (κ3) is 12.2. The van der Waals surface area contributed by atoms with Gasteiger partial charge in [0.2, 0.25) is 0 Å². The van der Waals surface area contributed by atoms with Crippen LogP contribution < -0.4 is 0 Å². The van der Waals surface area contributed by atoms with Gasteiger partial charge >= 0.3 is 0 Å². The van der Waals surface area contributed by atoms with Gasteiger partial charge in [-0.25, -0.2) is 0 Å². The molecule has 0 aliphatic heterocycles. The summed E-state index contributed by atoms with van der Waals surface area (Å²) in [6.07, 6.45) is 6.75. The summed E-state index contributed by atoms with van der Waals surface area (Å²) in [4.78, 5) is 3.88. The SMILES string of the molecule is C=CC=N/C=C(/C)C=C.CC. The Hall–Kier alpha value is -1.11. The zero-order chi connectivity index (χ0) is 9.11. The Bertz CT molecular complexity index is 152. The average Bonchev–Trinajstić information content (AvgIpc) is 2.08. The summed E-state index contributed by atoms with van der Waals surface area (Å²) < 4.78 is 0. The van der Waals surface area contributed by atoms with Crippen LogP contribution in [0.25, 0.3) is 0 Å². The number of nitrogens with zero attached hydrogens (tertiary/aromatic N) is 1. The van der Waals surface area contributed by atoms with E-state index in [-0.39, 0.29) is 0 Å². The van der Waals surface area contributed by atoms with Crippen LogP contribution in [0.15, 0.2) is 42.1 Å². The Morgan fingerprint density at radius 1 is 1.27 bits per heavy atom. The highest BCUT2D eigenvalue weighted by Crippen LogP contribution is 1.90. The van der Waals surface area contributed by atoms with Crippen molar-refractivity contribution < 1.29 is 0 Å². The van der Waals surface area contributed by atoms with Crippen molar-refractivity contribution in [3.63, 3.8) is 0 Å². The lowest BCUT2D eigenvalue weighted by atomic mass is 10.3. The van der Waals surface area contributed by atoms with Gasteiger partial charge in [0.25, 0.3) is 0 Å². The highest BCUT2D eigenvalue weighted by molar-refractivity contribution is 5.70. The van der Waals surface area contributed by atoms with Gasteiger partial charge in [-0.2, -0.15) is 0 Å². The van der Waals surface area contributed by atoms with Gasteiger partial charge in [0, 0.05) is 12.4 Å². The summed E-state index contributed by atoms with van der Waals surface area (Å²) in [6, 6.07) is 0. The van der Waals surface area contributed by atoms with Gasteiger partial charge in [0.15, 0.2) is 0 Å². The molecule has 0 aliphatic rings. The van der Waals surface area contributed by atoms with Crippen molar-refractivity contribution in [2.75, 3.05) is 0 Å². The van der Waals surface area contributed by atoms with Crippen molar-refractivity contribution in [1.82, 2.24) is 0 Å². The molecule has 0 radical (unpaired) electrons. The summed E-state index contributed by atoms with van der Waals surface area (Å²) in [7, 11) is 0. The van der Waals surface area contributed by atoms with Crippen LogP contribution in [0.4, 0.5) is 0 Å². The molecule has 0 amide bonds. The molecule has 0 rings (SSSR count). The fraction of sp³-hybridized carbons (Fsp3) is 0.300. The van der Waals surface area contributed by atoms with Gasteiger partial charge in [0.1, 0.15) is 0 Å². The van der Waals surface area contributed by atoms with E-state index in [4.69, 9.17) is 0 Å². The molecule has 1 heteroatoms. The number of allylic oxidation sites excluding steroid dienone is 3. The van der Waals surface area contributed by atoms with Gasteiger partial charge in [-0.3, -0.25) is 4.99 Å². The van der Waals surface area contributed by atoms with E-state index in [1.807, 2.05) is 20.8 Å². The molecular formula is C10H17N. The largest absolute Gasteiger partial charge is 0.264 e. The van der Waals surface area contributed by atoms with Crippen molar-refractivity contribution in [3.8, 4) is 0 Å². The van der Waals surface area contributed by atoms with Gasteiger partial charge in [-0.05, 0) is 12.5 Å². The van der Waals surface area contributed by atoms with E-state index >= 15 is 0 Å². The maximum atomic E-state index is 3.88. The Labute approximate surface area is 69.9 Å². The van der Waals surface area contributed by atoms with Crippen LogP contribution in [0.3, 0.4) is 0 Å². The van der Waals surface area contributed by atoms with Crippen LogP contribution in [-0.4, -0.2) is 6.21 Å². The second-order valence-corrected chi connectivity index (χ2v) is 1.61. The summed E-state index contributed by atoms with van der Waals surface area (Å²) in [6.45, 7) is 13.0. The van der Waals surface area contributed by atoms with E-state index in [1.165, 1.54) is 0 Å². The first kappa shape index (κ1) is 12.6. The first-order valence-electron chi connectivity index (χ1n) is 3.74. The highest BCUT2D eigenvalue weighted by Gasteiger charge is 1.71. The van der Waals surface area contributed by atoms with E-state index in [9.17, 15) is 0 Å². The average molecular weight is 151 g/mol. The van der Waals surface area contributed by atoms with E-state index < -0.39 is 0 Å². The Morgan fingerprint density at radius 2 is 1.82 bits per heavy atom. The molecule has 0 unspecified atom stereocenters. The third-order valence-electron chi connectivity index (χ3n) is 0.792. The van der Waals surface area contributed by atoms with Crippen molar-refractivity contribution >= 4 is 6.21 Å². The zero-order valence-electron chi connectivity index (χ0n) is 7.67. The molecule has 0 aromatic carbocycles. The molecule has 0 aromatic heterocycles. The first-order valence-corrected chi connectivity index (χ1v) is 3.74. The minimum absolute atomic E-state index is 1.05. The van der Waals surface area contributed by atoms with Gasteiger partial charge in [0.05, 0.1) is 0 Å². The molecule has 0 spiro atoms. The lowest BCUT2D eigenvalue weighted by Gasteiger charge is -1.81.